The van der Waals surface area contributed by atoms with Gasteiger partial charge < -0.3 is 9.84 Å². The van der Waals surface area contributed by atoms with Crippen LogP contribution in [0.2, 0.25) is 0 Å². The topological polar surface area (TPSA) is 32.7 Å². The fourth-order valence-electron chi connectivity index (χ4n) is 2.22. The Morgan fingerprint density at radius 2 is 1.79 bits per heavy atom. The molecule has 0 unspecified atom stereocenters. The number of halogens is 1. The maximum Gasteiger partial charge on any atom is 0.119 e. The summed E-state index contributed by atoms with van der Waals surface area (Å²) in [6.45, 7) is 6.80. The van der Waals surface area contributed by atoms with Gasteiger partial charge in [-0.25, -0.2) is 0 Å². The molecule has 0 atom stereocenters. The van der Waals surface area contributed by atoms with Gasteiger partial charge in [0.15, 0.2) is 0 Å². The molecule has 0 spiro atoms. The normalized spacial score (nSPS) is 11.3. The van der Waals surface area contributed by atoms with Crippen molar-refractivity contribution in [3.63, 3.8) is 0 Å². The predicted molar refractivity (Wildman–Crippen MR) is 82.7 cm³/mol. The van der Waals surface area contributed by atoms with Gasteiger partial charge in [0.1, 0.15) is 12.4 Å². The summed E-state index contributed by atoms with van der Waals surface area (Å²) in [5.41, 5.74) is 0. The Labute approximate surface area is 124 Å². The second-order valence-electron chi connectivity index (χ2n) is 4.53. The number of hydrogen-bond acceptors (Lipinski definition) is 3. The van der Waals surface area contributed by atoms with E-state index >= 15 is 0 Å². The number of aliphatic hydroxyl groups excluding tert-OH is 1. The van der Waals surface area contributed by atoms with Crippen LogP contribution >= 0.6 is 15.9 Å². The van der Waals surface area contributed by atoms with Gasteiger partial charge in [0, 0.05) is 23.6 Å². The largest absolute Gasteiger partial charge is 0.492 e. The molecule has 0 aromatic heterocycles. The van der Waals surface area contributed by atoms with Crippen LogP contribution in [0.4, 0.5) is 0 Å². The van der Waals surface area contributed by atoms with Crippen molar-refractivity contribution in [1.29, 1.82) is 0 Å². The van der Waals surface area contributed by atoms with E-state index in [1.54, 1.807) is 0 Å². The van der Waals surface area contributed by atoms with Gasteiger partial charge in [-0.15, -0.1) is 0 Å². The molecule has 0 aliphatic rings. The molecular weight excluding hydrogens is 306 g/mol. The van der Waals surface area contributed by atoms with E-state index in [0.29, 0.717) is 12.6 Å². The Bertz CT molecular complexity index is 339. The molecule has 0 aliphatic carbocycles. The summed E-state index contributed by atoms with van der Waals surface area (Å²) < 4.78 is 6.79. The van der Waals surface area contributed by atoms with E-state index in [0.717, 1.165) is 36.2 Å². The summed E-state index contributed by atoms with van der Waals surface area (Å²) in [6.07, 6.45) is 2.21. The third-order valence-corrected chi connectivity index (χ3v) is 3.84. The number of ether oxygens (including phenoxy) is 1. The van der Waals surface area contributed by atoms with E-state index in [9.17, 15) is 0 Å². The lowest BCUT2D eigenvalue weighted by atomic mass is 10.1. The first kappa shape index (κ1) is 16.5. The Morgan fingerprint density at radius 1 is 1.16 bits per heavy atom. The lowest BCUT2D eigenvalue weighted by Gasteiger charge is -2.29. The molecular formula is C15H24BrNO2. The van der Waals surface area contributed by atoms with Crippen LogP contribution in [0, 0.1) is 0 Å². The molecule has 108 valence electrons. The van der Waals surface area contributed by atoms with Crippen LogP contribution in [-0.2, 0) is 0 Å². The summed E-state index contributed by atoms with van der Waals surface area (Å²) in [5, 5.41) is 9.14. The SMILES string of the molecule is CCC(CC)N(CCO)CCOc1ccc(Br)cc1. The molecule has 0 amide bonds. The molecule has 0 bridgehead atoms. The summed E-state index contributed by atoms with van der Waals surface area (Å²) in [6, 6.07) is 8.39. The summed E-state index contributed by atoms with van der Waals surface area (Å²) in [4.78, 5) is 2.30. The molecule has 1 aromatic rings. The maximum atomic E-state index is 9.14. The van der Waals surface area contributed by atoms with Crippen molar-refractivity contribution in [2.45, 2.75) is 32.7 Å². The lowest BCUT2D eigenvalue weighted by molar-refractivity contribution is 0.122. The monoisotopic (exact) mass is 329 g/mol. The number of nitrogens with zero attached hydrogens (tertiary/aromatic N) is 1. The average molecular weight is 330 g/mol. The van der Waals surface area contributed by atoms with Crippen LogP contribution in [-0.4, -0.2) is 42.4 Å². The highest BCUT2D eigenvalue weighted by Crippen LogP contribution is 2.16. The molecule has 0 radical (unpaired) electrons. The zero-order valence-electron chi connectivity index (χ0n) is 11.8. The Balaban J connectivity index is 2.41. The van der Waals surface area contributed by atoms with Crippen molar-refractivity contribution >= 4 is 15.9 Å². The molecule has 0 fully saturated rings. The van der Waals surface area contributed by atoms with E-state index in [1.165, 1.54) is 0 Å². The Kier molecular flexibility index (Phi) is 8.10. The van der Waals surface area contributed by atoms with Crippen molar-refractivity contribution in [2.24, 2.45) is 0 Å². The van der Waals surface area contributed by atoms with E-state index in [-0.39, 0.29) is 6.61 Å². The Hall–Kier alpha value is -0.580. The molecule has 0 aliphatic heterocycles. The molecule has 4 heteroatoms. The summed E-state index contributed by atoms with van der Waals surface area (Å²) in [5.74, 6) is 0.886. The molecule has 1 aromatic carbocycles. The highest BCUT2D eigenvalue weighted by atomic mass is 79.9. The highest BCUT2D eigenvalue weighted by molar-refractivity contribution is 9.10. The first-order valence-electron chi connectivity index (χ1n) is 6.94. The van der Waals surface area contributed by atoms with Crippen molar-refractivity contribution in [1.82, 2.24) is 4.90 Å². The van der Waals surface area contributed by atoms with E-state index in [4.69, 9.17) is 9.84 Å². The van der Waals surface area contributed by atoms with Crippen LogP contribution in [0.1, 0.15) is 26.7 Å². The minimum absolute atomic E-state index is 0.203. The molecule has 0 heterocycles. The van der Waals surface area contributed by atoms with Gasteiger partial charge in [-0.3, -0.25) is 4.90 Å². The van der Waals surface area contributed by atoms with Gasteiger partial charge in [-0.2, -0.15) is 0 Å². The zero-order valence-corrected chi connectivity index (χ0v) is 13.4. The third kappa shape index (κ3) is 5.93. The van der Waals surface area contributed by atoms with Crippen LogP contribution in [0.5, 0.6) is 5.75 Å². The number of hydrogen-bond donors (Lipinski definition) is 1. The van der Waals surface area contributed by atoms with Crippen LogP contribution in [0.25, 0.3) is 0 Å². The van der Waals surface area contributed by atoms with E-state index in [2.05, 4.69) is 34.7 Å². The van der Waals surface area contributed by atoms with Gasteiger partial charge in [0.25, 0.3) is 0 Å². The average Bonchev–Trinajstić information content (AvgIpc) is 2.42. The first-order chi connectivity index (χ1) is 9.21. The molecule has 1 N–H and O–H groups in total. The predicted octanol–water partition coefficient (Wildman–Crippen LogP) is 3.31. The molecule has 1 rings (SSSR count). The van der Waals surface area contributed by atoms with Crippen molar-refractivity contribution in [2.75, 3.05) is 26.3 Å². The summed E-state index contributed by atoms with van der Waals surface area (Å²) >= 11 is 3.40. The van der Waals surface area contributed by atoms with Crippen molar-refractivity contribution in [3.05, 3.63) is 28.7 Å². The standard InChI is InChI=1S/C15H24BrNO2/c1-3-14(4-2)17(9-11-18)10-12-19-15-7-5-13(16)6-8-15/h5-8,14,18H,3-4,9-12H2,1-2H3. The van der Waals surface area contributed by atoms with Crippen molar-refractivity contribution in [3.8, 4) is 5.75 Å². The van der Waals surface area contributed by atoms with Gasteiger partial charge in [0.2, 0.25) is 0 Å². The fourth-order valence-corrected chi connectivity index (χ4v) is 2.49. The number of aliphatic hydroxyl groups is 1. The molecule has 0 saturated carbocycles. The van der Waals surface area contributed by atoms with Gasteiger partial charge in [-0.1, -0.05) is 29.8 Å². The minimum Gasteiger partial charge on any atom is -0.492 e. The van der Waals surface area contributed by atoms with Crippen LogP contribution in [0.3, 0.4) is 0 Å². The molecule has 3 nitrogen and oxygen atoms in total. The van der Waals surface area contributed by atoms with Crippen molar-refractivity contribution < 1.29 is 9.84 Å². The second-order valence-corrected chi connectivity index (χ2v) is 5.45. The summed E-state index contributed by atoms with van der Waals surface area (Å²) in [7, 11) is 0. The third-order valence-electron chi connectivity index (χ3n) is 3.31. The van der Waals surface area contributed by atoms with Gasteiger partial charge in [-0.05, 0) is 37.1 Å². The molecule has 19 heavy (non-hydrogen) atoms. The second kappa shape index (κ2) is 9.34. The van der Waals surface area contributed by atoms with E-state index < -0.39 is 0 Å². The van der Waals surface area contributed by atoms with Gasteiger partial charge in [0.05, 0.1) is 6.61 Å². The lowest BCUT2D eigenvalue weighted by Crippen LogP contribution is -2.39. The number of rotatable bonds is 9. The molecule has 0 saturated heterocycles. The highest BCUT2D eigenvalue weighted by Gasteiger charge is 2.14. The van der Waals surface area contributed by atoms with Crippen LogP contribution in [0.15, 0.2) is 28.7 Å². The van der Waals surface area contributed by atoms with E-state index in [1.807, 2.05) is 24.3 Å². The first-order valence-corrected chi connectivity index (χ1v) is 7.73. The zero-order chi connectivity index (χ0) is 14.1. The van der Waals surface area contributed by atoms with Gasteiger partial charge >= 0.3 is 0 Å². The fraction of sp³-hybridized carbons (Fsp3) is 0.600. The quantitative estimate of drug-likeness (QED) is 0.754. The minimum atomic E-state index is 0.203. The van der Waals surface area contributed by atoms with Crippen LogP contribution < -0.4 is 4.74 Å². The maximum absolute atomic E-state index is 9.14. The number of benzene rings is 1. The Morgan fingerprint density at radius 3 is 2.32 bits per heavy atom. The smallest absolute Gasteiger partial charge is 0.119 e.